The number of amides is 1. The minimum Gasteiger partial charge on any atom is -0.493 e. The van der Waals surface area contributed by atoms with Gasteiger partial charge in [-0.05, 0) is 32.9 Å². The van der Waals surface area contributed by atoms with Crippen molar-refractivity contribution >= 4 is 5.91 Å². The minimum atomic E-state index is -1.16. The first-order chi connectivity index (χ1) is 11.9. The van der Waals surface area contributed by atoms with Gasteiger partial charge in [0.05, 0.1) is 24.9 Å². The molecule has 25 heavy (non-hydrogen) atoms. The summed E-state index contributed by atoms with van der Waals surface area (Å²) >= 11 is 0. The van der Waals surface area contributed by atoms with E-state index in [1.807, 2.05) is 32.9 Å². The zero-order valence-electron chi connectivity index (χ0n) is 14.8. The molecule has 7 nitrogen and oxygen atoms in total. The van der Waals surface area contributed by atoms with E-state index in [4.69, 9.17) is 4.74 Å². The molecule has 3 rings (SSSR count). The van der Waals surface area contributed by atoms with Gasteiger partial charge in [-0.1, -0.05) is 17.3 Å². The van der Waals surface area contributed by atoms with E-state index in [2.05, 4.69) is 10.3 Å². The number of nitrogens with zero attached hydrogens (tertiary/aromatic N) is 4. The fourth-order valence-electron chi connectivity index (χ4n) is 3.01. The summed E-state index contributed by atoms with van der Waals surface area (Å²) in [5.41, 5.74) is -0.141. The van der Waals surface area contributed by atoms with Gasteiger partial charge in [0.25, 0.3) is 5.91 Å². The van der Waals surface area contributed by atoms with Gasteiger partial charge in [0.1, 0.15) is 17.0 Å². The monoisotopic (exact) mass is 344 g/mol. The van der Waals surface area contributed by atoms with Gasteiger partial charge in [-0.15, -0.1) is 5.10 Å². The number of aromatic nitrogens is 3. The summed E-state index contributed by atoms with van der Waals surface area (Å²) in [7, 11) is 0. The van der Waals surface area contributed by atoms with Crippen molar-refractivity contribution in [3.05, 3.63) is 41.7 Å². The summed E-state index contributed by atoms with van der Waals surface area (Å²) in [6.45, 7) is 7.03. The number of hydrogen-bond donors (Lipinski definition) is 1. The van der Waals surface area contributed by atoms with Crippen molar-refractivity contribution < 1.29 is 14.6 Å². The van der Waals surface area contributed by atoms with Crippen LogP contribution in [0.4, 0.5) is 0 Å². The largest absolute Gasteiger partial charge is 0.493 e. The third kappa shape index (κ3) is 3.37. The predicted octanol–water partition coefficient (Wildman–Crippen LogP) is 1.99. The highest BCUT2D eigenvalue weighted by molar-refractivity contribution is 5.97. The van der Waals surface area contributed by atoms with Crippen molar-refractivity contribution in [1.82, 2.24) is 19.9 Å². The molecule has 0 bridgehead atoms. The molecule has 0 spiro atoms. The van der Waals surface area contributed by atoms with Crippen molar-refractivity contribution in [2.24, 2.45) is 0 Å². The predicted molar refractivity (Wildman–Crippen MR) is 92.4 cm³/mol. The van der Waals surface area contributed by atoms with E-state index in [-0.39, 0.29) is 18.5 Å². The van der Waals surface area contributed by atoms with E-state index < -0.39 is 5.60 Å². The fourth-order valence-corrected chi connectivity index (χ4v) is 3.01. The van der Waals surface area contributed by atoms with Gasteiger partial charge in [0.2, 0.25) is 0 Å². The standard InChI is InChI=1S/C18H24N4O3/c1-4-25-15-8-6-5-7-14(15)17(23)21-10-9-18(24,12-21)16-11-22(13(2)3)20-19-16/h5-8,11,13,24H,4,9-10,12H2,1-3H3/t18-/m1/s1. The Morgan fingerprint density at radius 2 is 2.16 bits per heavy atom. The summed E-state index contributed by atoms with van der Waals surface area (Å²) in [6, 6.07) is 7.35. The van der Waals surface area contributed by atoms with E-state index in [1.165, 1.54) is 0 Å². The molecular weight excluding hydrogens is 320 g/mol. The summed E-state index contributed by atoms with van der Waals surface area (Å²) in [5.74, 6) is 0.424. The number of benzene rings is 1. The average Bonchev–Trinajstić information content (AvgIpc) is 3.23. The van der Waals surface area contributed by atoms with Crippen molar-refractivity contribution in [1.29, 1.82) is 0 Å². The Labute approximate surface area is 147 Å². The molecule has 1 saturated heterocycles. The number of carbonyl (C=O) groups excluding carboxylic acids is 1. The molecular formula is C18H24N4O3. The summed E-state index contributed by atoms with van der Waals surface area (Å²) in [4.78, 5) is 14.5. The molecule has 1 aromatic carbocycles. The number of β-amino-alcohol motifs (C(OH)–C–C–N with tert-alkyl or cyclic N) is 1. The maximum absolute atomic E-state index is 12.9. The number of rotatable bonds is 5. The molecule has 1 aliphatic rings. The number of ether oxygens (including phenoxy) is 1. The first kappa shape index (κ1) is 17.4. The molecule has 0 unspecified atom stereocenters. The number of likely N-dealkylation sites (tertiary alicyclic amines) is 1. The molecule has 0 radical (unpaired) electrons. The lowest BCUT2D eigenvalue weighted by molar-refractivity contribution is 0.0380. The van der Waals surface area contributed by atoms with Crippen LogP contribution in [-0.4, -0.2) is 50.6 Å². The van der Waals surface area contributed by atoms with E-state index in [9.17, 15) is 9.90 Å². The van der Waals surface area contributed by atoms with Gasteiger partial charge >= 0.3 is 0 Å². The van der Waals surface area contributed by atoms with Crippen molar-refractivity contribution in [2.75, 3.05) is 19.7 Å². The zero-order chi connectivity index (χ0) is 18.0. The van der Waals surface area contributed by atoms with Crippen LogP contribution in [0.1, 0.15) is 49.3 Å². The average molecular weight is 344 g/mol. The lowest BCUT2D eigenvalue weighted by atomic mass is 10.00. The molecule has 1 aliphatic heterocycles. The lowest BCUT2D eigenvalue weighted by Crippen LogP contribution is -2.34. The van der Waals surface area contributed by atoms with Gasteiger partial charge in [0, 0.05) is 19.0 Å². The molecule has 1 aromatic heterocycles. The quantitative estimate of drug-likeness (QED) is 0.897. The second-order valence-corrected chi connectivity index (χ2v) is 6.62. The van der Waals surface area contributed by atoms with Gasteiger partial charge in [-0.25, -0.2) is 4.68 Å². The molecule has 0 saturated carbocycles. The third-order valence-corrected chi connectivity index (χ3v) is 4.47. The Bertz CT molecular complexity index is 758. The highest BCUT2D eigenvalue weighted by atomic mass is 16.5. The SMILES string of the molecule is CCOc1ccccc1C(=O)N1CC[C@](O)(c2cn(C(C)C)nn2)C1. The molecule has 1 fully saturated rings. The van der Waals surface area contributed by atoms with Crippen molar-refractivity contribution in [3.63, 3.8) is 0 Å². The molecule has 134 valence electrons. The Morgan fingerprint density at radius 1 is 1.40 bits per heavy atom. The summed E-state index contributed by atoms with van der Waals surface area (Å²) < 4.78 is 7.26. The molecule has 2 heterocycles. The molecule has 1 amide bonds. The van der Waals surface area contributed by atoms with Gasteiger partial charge in [-0.3, -0.25) is 4.79 Å². The van der Waals surface area contributed by atoms with Crippen LogP contribution in [0.2, 0.25) is 0 Å². The first-order valence-corrected chi connectivity index (χ1v) is 8.60. The fraction of sp³-hybridized carbons (Fsp3) is 0.500. The Kier molecular flexibility index (Phi) is 4.76. The Hall–Kier alpha value is -2.41. The van der Waals surface area contributed by atoms with Crippen molar-refractivity contribution in [3.8, 4) is 5.75 Å². The minimum absolute atomic E-state index is 0.142. The lowest BCUT2D eigenvalue weighted by Gasteiger charge is -2.22. The highest BCUT2D eigenvalue weighted by Gasteiger charge is 2.42. The number of hydrogen-bond acceptors (Lipinski definition) is 5. The summed E-state index contributed by atoms with van der Waals surface area (Å²) in [6.07, 6.45) is 2.19. The van der Waals surface area contributed by atoms with Gasteiger partial charge in [-0.2, -0.15) is 0 Å². The topological polar surface area (TPSA) is 80.5 Å². The van der Waals surface area contributed by atoms with Crippen LogP contribution in [0.3, 0.4) is 0 Å². The van der Waals surface area contributed by atoms with Crippen LogP contribution in [-0.2, 0) is 5.60 Å². The first-order valence-electron chi connectivity index (χ1n) is 8.60. The third-order valence-electron chi connectivity index (χ3n) is 4.47. The van der Waals surface area contributed by atoms with Crippen molar-refractivity contribution in [2.45, 2.75) is 38.8 Å². The maximum Gasteiger partial charge on any atom is 0.257 e. The van der Waals surface area contributed by atoms with Crippen LogP contribution >= 0.6 is 0 Å². The Morgan fingerprint density at radius 3 is 2.84 bits per heavy atom. The normalized spacial score (nSPS) is 20.3. The molecule has 1 N–H and O–H groups in total. The molecule has 2 aromatic rings. The highest BCUT2D eigenvalue weighted by Crippen LogP contribution is 2.32. The smallest absolute Gasteiger partial charge is 0.257 e. The number of para-hydroxylation sites is 1. The van der Waals surface area contributed by atoms with Gasteiger partial charge < -0.3 is 14.7 Å². The summed E-state index contributed by atoms with van der Waals surface area (Å²) in [5, 5.41) is 19.1. The van der Waals surface area contributed by atoms with E-state index in [1.54, 1.807) is 27.9 Å². The van der Waals surface area contributed by atoms with Gasteiger partial charge in [0.15, 0.2) is 0 Å². The van der Waals surface area contributed by atoms with Crippen LogP contribution in [0.25, 0.3) is 0 Å². The van der Waals surface area contributed by atoms with Crippen LogP contribution < -0.4 is 4.74 Å². The molecule has 0 aliphatic carbocycles. The molecule has 7 heteroatoms. The van der Waals surface area contributed by atoms with E-state index in [0.29, 0.717) is 36.6 Å². The zero-order valence-corrected chi connectivity index (χ0v) is 14.8. The Balaban J connectivity index is 1.79. The number of carbonyl (C=O) groups is 1. The van der Waals surface area contributed by atoms with Crippen LogP contribution in [0.5, 0.6) is 5.75 Å². The van der Waals surface area contributed by atoms with Crippen LogP contribution in [0.15, 0.2) is 30.5 Å². The maximum atomic E-state index is 12.9. The molecule has 1 atom stereocenters. The van der Waals surface area contributed by atoms with E-state index in [0.717, 1.165) is 0 Å². The number of aliphatic hydroxyl groups is 1. The van der Waals surface area contributed by atoms with E-state index >= 15 is 0 Å². The van der Waals surface area contributed by atoms with Crippen LogP contribution in [0, 0.1) is 0 Å². The second kappa shape index (κ2) is 6.84. The second-order valence-electron chi connectivity index (χ2n) is 6.62.